The molecule has 4 nitrogen and oxygen atoms in total. The summed E-state index contributed by atoms with van der Waals surface area (Å²) in [5, 5.41) is 10.8. The average Bonchev–Trinajstić information content (AvgIpc) is 1.95. The number of amides is 1. The summed E-state index contributed by atoms with van der Waals surface area (Å²) >= 11 is 0. The minimum Gasteiger partial charge on any atom is -0.481 e. The van der Waals surface area contributed by atoms with Crippen LogP contribution in [0.3, 0.4) is 0 Å². The first-order valence-corrected chi connectivity index (χ1v) is 4.82. The number of aliphatic carboxylic acids is 1. The zero-order chi connectivity index (χ0) is 12.4. The van der Waals surface area contributed by atoms with Crippen molar-refractivity contribution in [2.45, 2.75) is 43.8 Å². The van der Waals surface area contributed by atoms with Crippen LogP contribution in [0, 0.1) is 0 Å². The van der Waals surface area contributed by atoms with Gasteiger partial charge in [-0.15, -0.1) is 0 Å². The van der Waals surface area contributed by atoms with E-state index >= 15 is 0 Å². The third-order valence-corrected chi connectivity index (χ3v) is 2.57. The van der Waals surface area contributed by atoms with E-state index in [2.05, 4.69) is 5.32 Å². The molecule has 1 aliphatic carbocycles. The number of hydrogen-bond acceptors (Lipinski definition) is 2. The van der Waals surface area contributed by atoms with Crippen LogP contribution in [0.4, 0.5) is 13.2 Å². The zero-order valence-corrected chi connectivity index (χ0v) is 8.43. The molecule has 1 amide bonds. The number of carbonyl (C=O) groups is 2. The topological polar surface area (TPSA) is 66.4 Å². The Hall–Kier alpha value is -1.27. The highest BCUT2D eigenvalue weighted by Crippen LogP contribution is 2.35. The van der Waals surface area contributed by atoms with Crippen LogP contribution >= 0.6 is 0 Å². The molecule has 0 aromatic rings. The van der Waals surface area contributed by atoms with Crippen LogP contribution in [0.5, 0.6) is 0 Å². The molecule has 7 heteroatoms. The molecule has 1 rings (SSSR count). The Morgan fingerprint density at radius 3 is 2.19 bits per heavy atom. The third-order valence-electron chi connectivity index (χ3n) is 2.57. The molecule has 16 heavy (non-hydrogen) atoms. The van der Waals surface area contributed by atoms with E-state index in [-0.39, 0.29) is 6.42 Å². The molecule has 0 heterocycles. The molecule has 1 saturated carbocycles. The lowest BCUT2D eigenvalue weighted by molar-refractivity contribution is -0.156. The Morgan fingerprint density at radius 2 is 1.88 bits per heavy atom. The molecule has 92 valence electrons. The molecule has 0 bridgehead atoms. The predicted octanol–water partition coefficient (Wildman–Crippen LogP) is 1.45. The number of alkyl halides is 3. The number of hydrogen-bond donors (Lipinski definition) is 2. The molecular formula is C9H12F3NO3. The molecule has 0 radical (unpaired) electrons. The molecule has 0 aromatic carbocycles. The van der Waals surface area contributed by atoms with Gasteiger partial charge in [-0.05, 0) is 19.3 Å². The van der Waals surface area contributed by atoms with Crippen LogP contribution in [0.15, 0.2) is 0 Å². The quantitative estimate of drug-likeness (QED) is 0.780. The van der Waals surface area contributed by atoms with Gasteiger partial charge in [0.1, 0.15) is 6.42 Å². The number of nitrogens with one attached hydrogen (secondary N) is 1. The first-order valence-electron chi connectivity index (χ1n) is 4.82. The molecule has 0 spiro atoms. The van der Waals surface area contributed by atoms with Gasteiger partial charge in [0, 0.05) is 0 Å². The molecule has 0 unspecified atom stereocenters. The second-order valence-electron chi connectivity index (χ2n) is 4.04. The summed E-state index contributed by atoms with van der Waals surface area (Å²) in [7, 11) is 0. The van der Waals surface area contributed by atoms with Crippen molar-refractivity contribution in [1.29, 1.82) is 0 Å². The summed E-state index contributed by atoms with van der Waals surface area (Å²) in [6, 6.07) is 0. The van der Waals surface area contributed by atoms with Crippen molar-refractivity contribution in [3.8, 4) is 0 Å². The third kappa shape index (κ3) is 3.71. The first kappa shape index (κ1) is 12.8. The smallest absolute Gasteiger partial charge is 0.397 e. The largest absolute Gasteiger partial charge is 0.481 e. The van der Waals surface area contributed by atoms with E-state index in [1.165, 1.54) is 0 Å². The Balaban J connectivity index is 2.50. The molecule has 0 aromatic heterocycles. The molecule has 0 atom stereocenters. The summed E-state index contributed by atoms with van der Waals surface area (Å²) in [6.07, 6.45) is -4.88. The predicted molar refractivity (Wildman–Crippen MR) is 47.6 cm³/mol. The highest BCUT2D eigenvalue weighted by atomic mass is 19.4. The van der Waals surface area contributed by atoms with Crippen molar-refractivity contribution in [3.05, 3.63) is 0 Å². The van der Waals surface area contributed by atoms with Gasteiger partial charge in [-0.1, -0.05) is 0 Å². The summed E-state index contributed by atoms with van der Waals surface area (Å²) in [6.45, 7) is 0. The van der Waals surface area contributed by atoms with Crippen LogP contribution in [-0.2, 0) is 9.59 Å². The second-order valence-corrected chi connectivity index (χ2v) is 4.04. The lowest BCUT2D eigenvalue weighted by Gasteiger charge is -2.41. The molecule has 1 fully saturated rings. The minimum absolute atomic E-state index is 0.323. The fraction of sp³-hybridized carbons (Fsp3) is 0.778. The number of carbonyl (C=O) groups excluding carboxylic acids is 1. The van der Waals surface area contributed by atoms with Crippen LogP contribution in [0.25, 0.3) is 0 Å². The number of rotatable bonds is 4. The van der Waals surface area contributed by atoms with Crippen LogP contribution in [-0.4, -0.2) is 28.7 Å². The number of carboxylic acid groups (broad SMARTS) is 1. The second kappa shape index (κ2) is 4.31. The molecule has 0 saturated heterocycles. The van der Waals surface area contributed by atoms with Crippen molar-refractivity contribution in [2.75, 3.05) is 0 Å². The Labute approximate surface area is 89.8 Å². The summed E-state index contributed by atoms with van der Waals surface area (Å²) in [5.74, 6) is -2.28. The average molecular weight is 239 g/mol. The van der Waals surface area contributed by atoms with E-state index in [9.17, 15) is 22.8 Å². The zero-order valence-electron chi connectivity index (χ0n) is 8.43. The minimum atomic E-state index is -4.56. The fourth-order valence-electron chi connectivity index (χ4n) is 1.76. The van der Waals surface area contributed by atoms with E-state index < -0.39 is 30.0 Å². The van der Waals surface area contributed by atoms with E-state index in [1.54, 1.807) is 0 Å². The summed E-state index contributed by atoms with van der Waals surface area (Å²) in [4.78, 5) is 21.5. The molecular weight excluding hydrogens is 227 g/mol. The lowest BCUT2D eigenvalue weighted by atomic mass is 9.74. The highest BCUT2D eigenvalue weighted by molar-refractivity contribution is 5.79. The van der Waals surface area contributed by atoms with Crippen LogP contribution < -0.4 is 5.32 Å². The van der Waals surface area contributed by atoms with E-state index in [4.69, 9.17) is 5.11 Å². The molecule has 1 aliphatic rings. The van der Waals surface area contributed by atoms with Gasteiger partial charge in [0.05, 0.1) is 12.0 Å². The Bertz CT molecular complexity index is 297. The van der Waals surface area contributed by atoms with Gasteiger partial charge in [0.2, 0.25) is 5.91 Å². The van der Waals surface area contributed by atoms with Gasteiger partial charge in [-0.2, -0.15) is 13.2 Å². The summed E-state index contributed by atoms with van der Waals surface area (Å²) < 4.78 is 35.7. The normalized spacial score (nSPS) is 18.7. The fourth-order valence-corrected chi connectivity index (χ4v) is 1.76. The van der Waals surface area contributed by atoms with Crippen molar-refractivity contribution in [1.82, 2.24) is 5.32 Å². The van der Waals surface area contributed by atoms with Crippen molar-refractivity contribution < 1.29 is 27.9 Å². The maximum atomic E-state index is 11.9. The Morgan fingerprint density at radius 1 is 1.31 bits per heavy atom. The van der Waals surface area contributed by atoms with Gasteiger partial charge < -0.3 is 10.4 Å². The SMILES string of the molecule is O=C(O)CC1(NC(=O)CC(F)(F)F)CCC1. The van der Waals surface area contributed by atoms with Crippen molar-refractivity contribution >= 4 is 11.9 Å². The van der Waals surface area contributed by atoms with Crippen molar-refractivity contribution in [3.63, 3.8) is 0 Å². The summed E-state index contributed by atoms with van der Waals surface area (Å²) in [5.41, 5.74) is -0.964. The van der Waals surface area contributed by atoms with Gasteiger partial charge in [0.25, 0.3) is 0 Å². The van der Waals surface area contributed by atoms with Gasteiger partial charge >= 0.3 is 12.1 Å². The number of carboxylic acids is 1. The van der Waals surface area contributed by atoms with E-state index in [0.29, 0.717) is 12.8 Å². The van der Waals surface area contributed by atoms with Crippen LogP contribution in [0.1, 0.15) is 32.1 Å². The van der Waals surface area contributed by atoms with Crippen LogP contribution in [0.2, 0.25) is 0 Å². The van der Waals surface area contributed by atoms with Crippen molar-refractivity contribution in [2.24, 2.45) is 0 Å². The maximum Gasteiger partial charge on any atom is 0.397 e. The van der Waals surface area contributed by atoms with E-state index in [1.807, 2.05) is 0 Å². The van der Waals surface area contributed by atoms with E-state index in [0.717, 1.165) is 6.42 Å². The monoisotopic (exact) mass is 239 g/mol. The Kier molecular flexibility index (Phi) is 3.44. The van der Waals surface area contributed by atoms with Gasteiger partial charge in [-0.3, -0.25) is 9.59 Å². The van der Waals surface area contributed by atoms with Gasteiger partial charge in [-0.25, -0.2) is 0 Å². The highest BCUT2D eigenvalue weighted by Gasteiger charge is 2.42. The lowest BCUT2D eigenvalue weighted by Crippen LogP contribution is -2.55. The molecule has 2 N–H and O–H groups in total. The standard InChI is InChI=1S/C9H12F3NO3/c10-9(11,12)4-6(14)13-8(2-1-3-8)5-7(15)16/h1-5H2,(H,13,14)(H,15,16). The van der Waals surface area contributed by atoms with Gasteiger partial charge in [0.15, 0.2) is 0 Å². The first-order chi connectivity index (χ1) is 7.22. The molecule has 0 aliphatic heterocycles. The maximum absolute atomic E-state index is 11.9. The number of halogens is 3.